The summed E-state index contributed by atoms with van der Waals surface area (Å²) < 4.78 is 0. The van der Waals surface area contributed by atoms with Crippen molar-refractivity contribution in [1.82, 2.24) is 5.43 Å². The van der Waals surface area contributed by atoms with Crippen molar-refractivity contribution >= 4 is 17.2 Å². The molecule has 0 aliphatic heterocycles. The number of aryl methyl sites for hydroxylation is 1. The van der Waals surface area contributed by atoms with Gasteiger partial charge < -0.3 is 5.43 Å². The first-order chi connectivity index (χ1) is 8.38. The molecule has 1 saturated carbocycles. The molecule has 0 saturated heterocycles. The quantitative estimate of drug-likeness (QED) is 0.366. The highest BCUT2D eigenvalue weighted by Crippen LogP contribution is 2.21. The summed E-state index contributed by atoms with van der Waals surface area (Å²) in [4.78, 5) is 6.14. The van der Waals surface area contributed by atoms with Crippen LogP contribution in [0.25, 0.3) is 0 Å². The van der Waals surface area contributed by atoms with Crippen molar-refractivity contribution in [3.05, 3.63) is 22.4 Å². The number of nitrogens with zero attached hydrogens (tertiary/aromatic N) is 1. The Balaban J connectivity index is 1.75. The third-order valence-corrected chi connectivity index (χ3v) is 4.18. The minimum atomic E-state index is 0.516. The highest BCUT2D eigenvalue weighted by atomic mass is 32.1. The number of aliphatic imine (C=N–C) groups is 1. The van der Waals surface area contributed by atoms with Crippen LogP contribution in [-0.4, -0.2) is 11.9 Å². The number of nitrogens with two attached hydrogens (primary N) is 1. The van der Waals surface area contributed by atoms with Gasteiger partial charge in [0.2, 0.25) is 0 Å². The fraction of sp³-hybridized carbons (Fsp3) is 0.615. The zero-order valence-corrected chi connectivity index (χ0v) is 11.0. The van der Waals surface area contributed by atoms with E-state index < -0.39 is 0 Å². The van der Waals surface area contributed by atoms with Crippen LogP contribution in [0.3, 0.4) is 0 Å². The van der Waals surface area contributed by atoms with Crippen LogP contribution in [0.1, 0.15) is 43.4 Å². The van der Waals surface area contributed by atoms with Crippen molar-refractivity contribution < 1.29 is 0 Å². The van der Waals surface area contributed by atoms with Crippen molar-refractivity contribution in [3.63, 3.8) is 0 Å². The van der Waals surface area contributed by atoms with Crippen LogP contribution in [0.2, 0.25) is 0 Å². The first-order valence-corrected chi connectivity index (χ1v) is 7.32. The van der Waals surface area contributed by atoms with E-state index in [1.54, 1.807) is 0 Å². The van der Waals surface area contributed by atoms with Crippen LogP contribution in [0, 0.1) is 0 Å². The van der Waals surface area contributed by atoms with Crippen LogP contribution in [0.4, 0.5) is 0 Å². The van der Waals surface area contributed by atoms with Crippen LogP contribution in [0.5, 0.6) is 0 Å². The number of nitrogens with one attached hydrogen (secondary N) is 1. The SMILES string of the molecule is NNC(CCCc1cccs1)=NC1CCCC1. The zero-order valence-electron chi connectivity index (χ0n) is 10.2. The molecule has 1 aromatic heterocycles. The molecule has 3 nitrogen and oxygen atoms in total. The van der Waals surface area contributed by atoms with Gasteiger partial charge >= 0.3 is 0 Å². The third kappa shape index (κ3) is 4.13. The standard InChI is InChI=1S/C13H21N3S/c14-16-13(15-11-5-1-2-6-11)9-3-7-12-8-4-10-17-12/h4,8,10-11H,1-3,5-7,9,14H2,(H,15,16). The summed E-state index contributed by atoms with van der Waals surface area (Å²) in [5.41, 5.74) is 2.76. The molecule has 3 N–H and O–H groups in total. The van der Waals surface area contributed by atoms with E-state index in [1.807, 2.05) is 11.3 Å². The minimum absolute atomic E-state index is 0.516. The van der Waals surface area contributed by atoms with Gasteiger partial charge in [-0.2, -0.15) is 0 Å². The van der Waals surface area contributed by atoms with Gasteiger partial charge in [0.1, 0.15) is 5.84 Å². The Morgan fingerprint density at radius 1 is 1.47 bits per heavy atom. The van der Waals surface area contributed by atoms with E-state index in [0.717, 1.165) is 25.1 Å². The van der Waals surface area contributed by atoms with Gasteiger partial charge in [0.25, 0.3) is 0 Å². The van der Waals surface area contributed by atoms with Gasteiger partial charge in [-0.05, 0) is 37.1 Å². The minimum Gasteiger partial charge on any atom is -0.312 e. The van der Waals surface area contributed by atoms with Gasteiger partial charge in [0.05, 0.1) is 6.04 Å². The highest BCUT2D eigenvalue weighted by Gasteiger charge is 2.14. The Hall–Kier alpha value is -0.870. The normalized spacial score (nSPS) is 17.6. The van der Waals surface area contributed by atoms with E-state index >= 15 is 0 Å². The summed E-state index contributed by atoms with van der Waals surface area (Å²) in [7, 11) is 0. The molecule has 0 amide bonds. The number of rotatable bonds is 5. The first-order valence-electron chi connectivity index (χ1n) is 6.44. The van der Waals surface area contributed by atoms with Gasteiger partial charge in [0, 0.05) is 11.3 Å². The second-order valence-electron chi connectivity index (χ2n) is 4.59. The van der Waals surface area contributed by atoms with Crippen molar-refractivity contribution in [1.29, 1.82) is 0 Å². The number of hydrogen-bond donors (Lipinski definition) is 2. The Labute approximate surface area is 107 Å². The zero-order chi connectivity index (χ0) is 11.9. The van der Waals surface area contributed by atoms with E-state index in [4.69, 9.17) is 10.8 Å². The molecule has 0 aromatic carbocycles. The van der Waals surface area contributed by atoms with Gasteiger partial charge in [0.15, 0.2) is 0 Å². The molecular weight excluding hydrogens is 230 g/mol. The summed E-state index contributed by atoms with van der Waals surface area (Å²) in [6.07, 6.45) is 8.32. The highest BCUT2D eigenvalue weighted by molar-refractivity contribution is 7.09. The molecule has 1 fully saturated rings. The fourth-order valence-electron chi connectivity index (χ4n) is 2.31. The maximum Gasteiger partial charge on any atom is 0.111 e. The Morgan fingerprint density at radius 3 is 2.94 bits per heavy atom. The van der Waals surface area contributed by atoms with E-state index in [9.17, 15) is 0 Å². The maximum absolute atomic E-state index is 5.53. The molecule has 0 unspecified atom stereocenters. The Bertz CT molecular complexity index is 340. The molecule has 1 aromatic rings. The molecule has 1 aliphatic carbocycles. The van der Waals surface area contributed by atoms with Crippen LogP contribution >= 0.6 is 11.3 Å². The number of hydrazine groups is 1. The number of hydrogen-bond acceptors (Lipinski definition) is 3. The molecule has 17 heavy (non-hydrogen) atoms. The van der Waals surface area contributed by atoms with E-state index in [1.165, 1.54) is 30.6 Å². The first kappa shape index (κ1) is 12.6. The summed E-state index contributed by atoms with van der Waals surface area (Å²) in [6.45, 7) is 0. The summed E-state index contributed by atoms with van der Waals surface area (Å²) in [5.74, 6) is 6.51. The lowest BCUT2D eigenvalue weighted by Gasteiger charge is -2.09. The smallest absolute Gasteiger partial charge is 0.111 e. The molecule has 4 heteroatoms. The average molecular weight is 251 g/mol. The van der Waals surface area contributed by atoms with Crippen molar-refractivity contribution in [2.24, 2.45) is 10.8 Å². The van der Waals surface area contributed by atoms with E-state index in [0.29, 0.717) is 6.04 Å². The Kier molecular flexibility index (Phi) is 5.01. The third-order valence-electron chi connectivity index (χ3n) is 3.25. The van der Waals surface area contributed by atoms with Gasteiger partial charge in [-0.25, -0.2) is 5.84 Å². The molecule has 1 aliphatic rings. The lowest BCUT2D eigenvalue weighted by Crippen LogP contribution is -2.31. The van der Waals surface area contributed by atoms with Crippen molar-refractivity contribution in [3.8, 4) is 0 Å². The molecule has 0 radical (unpaired) electrons. The predicted molar refractivity (Wildman–Crippen MR) is 74.3 cm³/mol. The fourth-order valence-corrected chi connectivity index (χ4v) is 3.06. The largest absolute Gasteiger partial charge is 0.312 e. The van der Waals surface area contributed by atoms with Gasteiger partial charge in [-0.1, -0.05) is 18.9 Å². The topological polar surface area (TPSA) is 50.4 Å². The molecular formula is C13H21N3S. The molecule has 94 valence electrons. The summed E-state index contributed by atoms with van der Waals surface area (Å²) in [6, 6.07) is 4.81. The van der Waals surface area contributed by atoms with Crippen molar-refractivity contribution in [2.45, 2.75) is 51.0 Å². The Morgan fingerprint density at radius 2 is 2.29 bits per heavy atom. The maximum atomic E-state index is 5.53. The average Bonchev–Trinajstić information content (AvgIpc) is 3.00. The van der Waals surface area contributed by atoms with Crippen LogP contribution in [-0.2, 0) is 6.42 Å². The second kappa shape index (κ2) is 6.77. The molecule has 0 bridgehead atoms. The van der Waals surface area contributed by atoms with Crippen LogP contribution in [0.15, 0.2) is 22.5 Å². The predicted octanol–water partition coefficient (Wildman–Crippen LogP) is 2.88. The molecule has 0 spiro atoms. The summed E-state index contributed by atoms with van der Waals surface area (Å²) >= 11 is 1.82. The molecule has 0 atom stereocenters. The van der Waals surface area contributed by atoms with Crippen LogP contribution < -0.4 is 11.3 Å². The monoisotopic (exact) mass is 251 g/mol. The van der Waals surface area contributed by atoms with E-state index in [2.05, 4.69) is 22.9 Å². The molecule has 1 heterocycles. The lowest BCUT2D eigenvalue weighted by molar-refractivity contribution is 0.690. The summed E-state index contributed by atoms with van der Waals surface area (Å²) in [5, 5.41) is 2.13. The van der Waals surface area contributed by atoms with Crippen molar-refractivity contribution in [2.75, 3.05) is 0 Å². The van der Waals surface area contributed by atoms with Gasteiger partial charge in [-0.15, -0.1) is 11.3 Å². The molecule has 2 rings (SSSR count). The second-order valence-corrected chi connectivity index (χ2v) is 5.62. The van der Waals surface area contributed by atoms with E-state index in [-0.39, 0.29) is 0 Å². The number of amidine groups is 1. The van der Waals surface area contributed by atoms with Gasteiger partial charge in [-0.3, -0.25) is 4.99 Å². The number of thiophene rings is 1. The lowest BCUT2D eigenvalue weighted by atomic mass is 10.2.